The van der Waals surface area contributed by atoms with E-state index in [4.69, 9.17) is 23.2 Å². The number of halogens is 2. The highest BCUT2D eigenvalue weighted by atomic mass is 35.5. The smallest absolute Gasteiger partial charge is 0.173 e. The average Bonchev–Trinajstić information content (AvgIpc) is 2.27. The molecule has 0 N–H and O–H groups in total. The maximum Gasteiger partial charge on any atom is 0.173 e. The van der Waals surface area contributed by atoms with Gasteiger partial charge in [0.05, 0.1) is 5.92 Å². The van der Waals surface area contributed by atoms with Gasteiger partial charge < -0.3 is 0 Å². The molecule has 0 aliphatic heterocycles. The first kappa shape index (κ1) is 12.6. The first-order chi connectivity index (χ1) is 8.08. The molecule has 1 fully saturated rings. The monoisotopic (exact) mass is 270 g/mol. The summed E-state index contributed by atoms with van der Waals surface area (Å²) in [4.78, 5) is 23.9. The van der Waals surface area contributed by atoms with Crippen LogP contribution in [0.5, 0.6) is 0 Å². The van der Waals surface area contributed by atoms with Crippen molar-refractivity contribution in [2.24, 2.45) is 5.92 Å². The summed E-state index contributed by atoms with van der Waals surface area (Å²) in [5.41, 5.74) is 0.433. The zero-order chi connectivity index (χ0) is 12.4. The number of benzene rings is 1. The molecule has 0 amide bonds. The van der Waals surface area contributed by atoms with Gasteiger partial charge in [0.1, 0.15) is 5.78 Å². The van der Waals surface area contributed by atoms with Crippen LogP contribution in [0, 0.1) is 5.92 Å². The van der Waals surface area contributed by atoms with E-state index in [2.05, 4.69) is 0 Å². The van der Waals surface area contributed by atoms with Gasteiger partial charge >= 0.3 is 0 Å². The Morgan fingerprint density at radius 2 is 1.76 bits per heavy atom. The van der Waals surface area contributed by atoms with Crippen LogP contribution in [0.15, 0.2) is 18.2 Å². The number of carbonyl (C=O) groups excluding carboxylic acids is 2. The van der Waals surface area contributed by atoms with E-state index in [1.54, 1.807) is 18.2 Å². The van der Waals surface area contributed by atoms with Crippen molar-refractivity contribution in [2.45, 2.75) is 25.7 Å². The molecule has 0 heterocycles. The number of Topliss-reactive ketones (excluding diaryl/α,β-unsaturated/α-hetero) is 2. The molecule has 0 saturated heterocycles. The van der Waals surface area contributed by atoms with Gasteiger partial charge in [0, 0.05) is 22.0 Å². The van der Waals surface area contributed by atoms with Crippen molar-refractivity contribution in [1.29, 1.82) is 0 Å². The Morgan fingerprint density at radius 1 is 1.12 bits per heavy atom. The minimum absolute atomic E-state index is 0.0392. The van der Waals surface area contributed by atoms with Gasteiger partial charge in [-0.2, -0.15) is 0 Å². The molecule has 1 aliphatic rings. The molecular formula is C13H12Cl2O2. The van der Waals surface area contributed by atoms with E-state index in [1.165, 1.54) is 0 Å². The Labute approximate surface area is 110 Å². The van der Waals surface area contributed by atoms with Gasteiger partial charge in [-0.25, -0.2) is 0 Å². The lowest BCUT2D eigenvalue weighted by Crippen LogP contribution is -2.27. The fourth-order valence-electron chi connectivity index (χ4n) is 2.16. The Bertz CT molecular complexity index is 448. The molecule has 1 aromatic carbocycles. The number of hydrogen-bond acceptors (Lipinski definition) is 2. The highest BCUT2D eigenvalue weighted by molar-refractivity contribution is 6.35. The lowest BCUT2D eigenvalue weighted by Gasteiger charge is -2.19. The summed E-state index contributed by atoms with van der Waals surface area (Å²) in [6.45, 7) is 0. The van der Waals surface area contributed by atoms with Crippen LogP contribution in [0.25, 0.3) is 0 Å². The van der Waals surface area contributed by atoms with E-state index < -0.39 is 5.92 Å². The van der Waals surface area contributed by atoms with Crippen molar-refractivity contribution in [1.82, 2.24) is 0 Å². The lowest BCUT2D eigenvalue weighted by molar-refractivity contribution is -0.122. The first-order valence-electron chi connectivity index (χ1n) is 5.61. The van der Waals surface area contributed by atoms with Crippen LogP contribution in [0.1, 0.15) is 36.0 Å². The van der Waals surface area contributed by atoms with E-state index in [-0.39, 0.29) is 11.6 Å². The summed E-state index contributed by atoms with van der Waals surface area (Å²) in [5, 5.41) is 0.841. The van der Waals surface area contributed by atoms with Crippen molar-refractivity contribution < 1.29 is 9.59 Å². The van der Waals surface area contributed by atoms with E-state index >= 15 is 0 Å². The van der Waals surface area contributed by atoms with E-state index in [0.717, 1.165) is 12.8 Å². The fourth-order valence-corrected chi connectivity index (χ4v) is 2.68. The minimum Gasteiger partial charge on any atom is -0.299 e. The van der Waals surface area contributed by atoms with Crippen molar-refractivity contribution in [3.63, 3.8) is 0 Å². The Morgan fingerprint density at radius 3 is 2.35 bits per heavy atom. The third kappa shape index (κ3) is 2.88. The molecule has 17 heavy (non-hydrogen) atoms. The second-order valence-corrected chi connectivity index (χ2v) is 5.16. The van der Waals surface area contributed by atoms with E-state index in [9.17, 15) is 9.59 Å². The van der Waals surface area contributed by atoms with Crippen molar-refractivity contribution in [3.8, 4) is 0 Å². The molecule has 90 valence electrons. The zero-order valence-corrected chi connectivity index (χ0v) is 10.7. The summed E-state index contributed by atoms with van der Waals surface area (Å²) in [6, 6.07) is 4.71. The molecule has 1 aromatic rings. The SMILES string of the molecule is O=C1CCCCC1C(=O)c1cc(Cl)cc(Cl)c1. The van der Waals surface area contributed by atoms with E-state index in [0.29, 0.717) is 28.5 Å². The predicted molar refractivity (Wildman–Crippen MR) is 67.8 cm³/mol. The van der Waals surface area contributed by atoms with Gasteiger partial charge in [-0.1, -0.05) is 29.6 Å². The average molecular weight is 271 g/mol. The summed E-state index contributed by atoms with van der Waals surface area (Å²) >= 11 is 11.7. The van der Waals surface area contributed by atoms with Gasteiger partial charge in [-0.3, -0.25) is 9.59 Å². The molecule has 1 atom stereocenters. The van der Waals surface area contributed by atoms with Gasteiger partial charge in [0.2, 0.25) is 0 Å². The van der Waals surface area contributed by atoms with Crippen molar-refractivity contribution >= 4 is 34.8 Å². The second kappa shape index (κ2) is 5.19. The standard InChI is InChI=1S/C13H12Cl2O2/c14-9-5-8(6-10(15)7-9)13(17)11-3-1-2-4-12(11)16/h5-7,11H,1-4H2. The predicted octanol–water partition coefficient (Wildman–Crippen LogP) is 3.94. The molecule has 1 unspecified atom stereocenters. The number of rotatable bonds is 2. The topological polar surface area (TPSA) is 34.1 Å². The van der Waals surface area contributed by atoms with Gasteiger partial charge in [-0.15, -0.1) is 0 Å². The van der Waals surface area contributed by atoms with Crippen molar-refractivity contribution in [2.75, 3.05) is 0 Å². The second-order valence-electron chi connectivity index (χ2n) is 4.29. The van der Waals surface area contributed by atoms with Crippen molar-refractivity contribution in [3.05, 3.63) is 33.8 Å². The third-order valence-corrected chi connectivity index (χ3v) is 3.45. The highest BCUT2D eigenvalue weighted by Crippen LogP contribution is 2.27. The van der Waals surface area contributed by atoms with Crippen LogP contribution in [0.4, 0.5) is 0 Å². The first-order valence-corrected chi connectivity index (χ1v) is 6.36. The Hall–Kier alpha value is -0.860. The van der Waals surface area contributed by atoms with Crippen LogP contribution < -0.4 is 0 Å². The quantitative estimate of drug-likeness (QED) is 0.603. The Kier molecular flexibility index (Phi) is 3.85. The molecule has 0 bridgehead atoms. The number of ketones is 2. The molecule has 4 heteroatoms. The molecule has 0 spiro atoms. The van der Waals surface area contributed by atoms with Crippen LogP contribution >= 0.6 is 23.2 Å². The molecule has 0 aromatic heterocycles. The maximum atomic E-state index is 12.2. The molecule has 2 rings (SSSR count). The van der Waals surface area contributed by atoms with Gasteiger partial charge in [-0.05, 0) is 31.0 Å². The zero-order valence-electron chi connectivity index (χ0n) is 9.21. The number of carbonyl (C=O) groups is 2. The van der Waals surface area contributed by atoms with Crippen LogP contribution in [0.3, 0.4) is 0 Å². The normalized spacial score (nSPS) is 20.4. The fraction of sp³-hybridized carbons (Fsp3) is 0.385. The Balaban J connectivity index is 2.26. The summed E-state index contributed by atoms with van der Waals surface area (Å²) < 4.78 is 0. The van der Waals surface area contributed by atoms with Gasteiger partial charge in [0.15, 0.2) is 5.78 Å². The van der Waals surface area contributed by atoms with E-state index in [1.807, 2.05) is 0 Å². The van der Waals surface area contributed by atoms with Crippen LogP contribution in [-0.2, 0) is 4.79 Å². The van der Waals surface area contributed by atoms with Crippen LogP contribution in [-0.4, -0.2) is 11.6 Å². The van der Waals surface area contributed by atoms with Crippen LogP contribution in [0.2, 0.25) is 10.0 Å². The number of hydrogen-bond donors (Lipinski definition) is 0. The molecule has 1 saturated carbocycles. The summed E-state index contributed by atoms with van der Waals surface area (Å²) in [5.74, 6) is -0.616. The molecule has 1 aliphatic carbocycles. The molecule has 2 nitrogen and oxygen atoms in total. The third-order valence-electron chi connectivity index (χ3n) is 3.02. The summed E-state index contributed by atoms with van der Waals surface area (Å²) in [7, 11) is 0. The summed E-state index contributed by atoms with van der Waals surface area (Å²) in [6.07, 6.45) is 2.96. The lowest BCUT2D eigenvalue weighted by atomic mass is 9.83. The highest BCUT2D eigenvalue weighted by Gasteiger charge is 2.29. The molecular weight excluding hydrogens is 259 g/mol. The van der Waals surface area contributed by atoms with Gasteiger partial charge in [0.25, 0.3) is 0 Å². The maximum absolute atomic E-state index is 12.2. The largest absolute Gasteiger partial charge is 0.299 e. The minimum atomic E-state index is -0.502. The molecule has 0 radical (unpaired) electrons.